The Morgan fingerprint density at radius 3 is 2.80 bits per heavy atom. The van der Waals surface area contributed by atoms with Gasteiger partial charge in [-0.25, -0.2) is 13.1 Å². The number of sulfonamides is 1. The lowest BCUT2D eigenvalue weighted by molar-refractivity contribution is -0.122. The van der Waals surface area contributed by atoms with E-state index in [-0.39, 0.29) is 24.3 Å². The Bertz CT molecular complexity index is 500. The van der Waals surface area contributed by atoms with Gasteiger partial charge >= 0.3 is 0 Å². The summed E-state index contributed by atoms with van der Waals surface area (Å²) in [5.74, 6) is 0.681. The summed E-state index contributed by atoms with van der Waals surface area (Å²) in [6, 6.07) is 0. The van der Waals surface area contributed by atoms with Gasteiger partial charge < -0.3 is 15.4 Å². The maximum absolute atomic E-state index is 12.0. The molecule has 0 saturated carbocycles. The van der Waals surface area contributed by atoms with E-state index in [1.807, 2.05) is 0 Å². The molecule has 2 aliphatic heterocycles. The highest BCUT2D eigenvalue weighted by Gasteiger charge is 2.22. The minimum atomic E-state index is -3.38. The second kappa shape index (κ2) is 10.4. The smallest absolute Gasteiger partial charge is 0.220 e. The molecule has 2 heterocycles. The van der Waals surface area contributed by atoms with E-state index in [0.29, 0.717) is 31.4 Å². The molecule has 2 aliphatic rings. The second-order valence-electron chi connectivity index (χ2n) is 7.29. The van der Waals surface area contributed by atoms with E-state index < -0.39 is 10.0 Å². The van der Waals surface area contributed by atoms with Gasteiger partial charge in [0, 0.05) is 26.1 Å². The summed E-state index contributed by atoms with van der Waals surface area (Å²) in [6.07, 6.45) is 5.77. The van der Waals surface area contributed by atoms with Gasteiger partial charge in [-0.1, -0.05) is 6.92 Å². The normalized spacial score (nSPS) is 26.1. The van der Waals surface area contributed by atoms with Gasteiger partial charge in [0.1, 0.15) is 0 Å². The number of hydrogen-bond acceptors (Lipinski definition) is 5. The largest absolute Gasteiger partial charge is 0.377 e. The van der Waals surface area contributed by atoms with Crippen molar-refractivity contribution in [2.75, 3.05) is 38.5 Å². The van der Waals surface area contributed by atoms with Crippen LogP contribution >= 0.6 is 0 Å². The molecular weight excluding hydrogens is 342 g/mol. The number of ether oxygens (including phenoxy) is 1. The van der Waals surface area contributed by atoms with E-state index in [2.05, 4.69) is 22.3 Å². The molecule has 2 saturated heterocycles. The maximum atomic E-state index is 12.0. The van der Waals surface area contributed by atoms with Crippen LogP contribution in [0.3, 0.4) is 0 Å². The van der Waals surface area contributed by atoms with Crippen LogP contribution < -0.4 is 15.4 Å². The van der Waals surface area contributed by atoms with E-state index in [9.17, 15) is 13.2 Å². The molecule has 0 aromatic rings. The van der Waals surface area contributed by atoms with Crippen molar-refractivity contribution in [2.24, 2.45) is 11.8 Å². The number of hydrogen-bond donors (Lipinski definition) is 3. The van der Waals surface area contributed by atoms with Crippen molar-refractivity contribution < 1.29 is 17.9 Å². The van der Waals surface area contributed by atoms with Crippen molar-refractivity contribution in [3.05, 3.63) is 0 Å². The van der Waals surface area contributed by atoms with E-state index in [0.717, 1.165) is 45.2 Å². The Balaban J connectivity index is 1.60. The third kappa shape index (κ3) is 8.02. The maximum Gasteiger partial charge on any atom is 0.220 e. The Morgan fingerprint density at radius 1 is 1.28 bits per heavy atom. The van der Waals surface area contributed by atoms with Gasteiger partial charge in [0.15, 0.2) is 0 Å². The molecule has 3 unspecified atom stereocenters. The Labute approximate surface area is 151 Å². The number of amides is 1. The average Bonchev–Trinajstić information content (AvgIpc) is 2.61. The van der Waals surface area contributed by atoms with Gasteiger partial charge in [0.05, 0.1) is 11.9 Å². The fourth-order valence-electron chi connectivity index (χ4n) is 3.48. The van der Waals surface area contributed by atoms with Crippen LogP contribution in [0.25, 0.3) is 0 Å². The molecule has 2 fully saturated rings. The van der Waals surface area contributed by atoms with Crippen molar-refractivity contribution in [1.82, 2.24) is 15.4 Å². The minimum Gasteiger partial charge on any atom is -0.377 e. The van der Waals surface area contributed by atoms with Crippen molar-refractivity contribution in [3.63, 3.8) is 0 Å². The number of piperidine rings is 1. The van der Waals surface area contributed by atoms with Gasteiger partial charge in [-0.3, -0.25) is 4.79 Å². The van der Waals surface area contributed by atoms with Crippen molar-refractivity contribution in [3.8, 4) is 0 Å². The van der Waals surface area contributed by atoms with E-state index in [1.165, 1.54) is 0 Å². The summed E-state index contributed by atoms with van der Waals surface area (Å²) in [6.45, 7) is 5.30. The molecule has 3 N–H and O–H groups in total. The van der Waals surface area contributed by atoms with Gasteiger partial charge in [0.25, 0.3) is 0 Å². The fraction of sp³-hybridized carbons (Fsp3) is 0.941. The molecule has 0 aromatic carbocycles. The molecule has 0 aliphatic carbocycles. The lowest BCUT2D eigenvalue weighted by atomic mass is 9.85. The SMILES string of the molecule is CC(CC(=O)NCCS(=O)(=O)NCC1CCCCO1)C1CCCNC1. The van der Waals surface area contributed by atoms with E-state index >= 15 is 0 Å². The molecular formula is C17H33N3O4S. The molecule has 7 nitrogen and oxygen atoms in total. The first-order valence-corrected chi connectivity index (χ1v) is 11.2. The summed E-state index contributed by atoms with van der Waals surface area (Å²) in [7, 11) is -3.38. The zero-order chi connectivity index (χ0) is 18.1. The highest BCUT2D eigenvalue weighted by molar-refractivity contribution is 7.89. The Morgan fingerprint density at radius 2 is 2.12 bits per heavy atom. The molecule has 146 valence electrons. The lowest BCUT2D eigenvalue weighted by Crippen LogP contribution is -2.40. The summed E-state index contributed by atoms with van der Waals surface area (Å²) in [5, 5.41) is 6.10. The molecule has 0 aromatic heterocycles. The summed E-state index contributed by atoms with van der Waals surface area (Å²) >= 11 is 0. The fourth-order valence-corrected chi connectivity index (χ4v) is 4.44. The monoisotopic (exact) mass is 375 g/mol. The van der Waals surface area contributed by atoms with Crippen molar-refractivity contribution >= 4 is 15.9 Å². The predicted octanol–water partition coefficient (Wildman–Crippen LogP) is 0.617. The van der Waals surface area contributed by atoms with Crippen LogP contribution in [0.1, 0.15) is 45.4 Å². The zero-order valence-corrected chi connectivity index (χ0v) is 16.1. The quantitative estimate of drug-likeness (QED) is 0.549. The summed E-state index contributed by atoms with van der Waals surface area (Å²) in [5.41, 5.74) is 0. The zero-order valence-electron chi connectivity index (χ0n) is 15.3. The first kappa shape index (κ1) is 20.6. The first-order chi connectivity index (χ1) is 12.0. The average molecular weight is 376 g/mol. The van der Waals surface area contributed by atoms with Crippen LogP contribution in [0.4, 0.5) is 0 Å². The highest BCUT2D eigenvalue weighted by atomic mass is 32.2. The second-order valence-corrected chi connectivity index (χ2v) is 9.22. The van der Waals surface area contributed by atoms with E-state index in [1.54, 1.807) is 0 Å². The van der Waals surface area contributed by atoms with Crippen LogP contribution in [0.5, 0.6) is 0 Å². The third-order valence-corrected chi connectivity index (χ3v) is 6.49. The lowest BCUT2D eigenvalue weighted by Gasteiger charge is -2.28. The van der Waals surface area contributed by atoms with Gasteiger partial charge in [-0.05, 0) is 57.0 Å². The molecule has 0 radical (unpaired) electrons. The number of carbonyl (C=O) groups excluding carboxylic acids is 1. The van der Waals surface area contributed by atoms with Crippen LogP contribution in [-0.2, 0) is 19.6 Å². The van der Waals surface area contributed by atoms with E-state index in [4.69, 9.17) is 4.74 Å². The molecule has 8 heteroatoms. The van der Waals surface area contributed by atoms with Gasteiger partial charge in [-0.15, -0.1) is 0 Å². The number of rotatable bonds is 9. The molecule has 0 bridgehead atoms. The standard InChI is InChI=1S/C17H33N3O4S/c1-14(15-5-4-7-18-12-15)11-17(21)19-8-10-25(22,23)20-13-16-6-2-3-9-24-16/h14-16,18,20H,2-13H2,1H3,(H,19,21). The first-order valence-electron chi connectivity index (χ1n) is 9.52. The number of nitrogens with one attached hydrogen (secondary N) is 3. The Kier molecular flexibility index (Phi) is 8.61. The topological polar surface area (TPSA) is 96.5 Å². The predicted molar refractivity (Wildman–Crippen MR) is 97.8 cm³/mol. The summed E-state index contributed by atoms with van der Waals surface area (Å²) < 4.78 is 32.1. The molecule has 1 amide bonds. The van der Waals surface area contributed by atoms with Crippen LogP contribution in [0.15, 0.2) is 0 Å². The Hall–Kier alpha value is -0.700. The molecule has 25 heavy (non-hydrogen) atoms. The highest BCUT2D eigenvalue weighted by Crippen LogP contribution is 2.22. The molecule has 3 atom stereocenters. The van der Waals surface area contributed by atoms with Gasteiger partial charge in [0.2, 0.25) is 15.9 Å². The number of carbonyl (C=O) groups is 1. The molecule has 0 spiro atoms. The van der Waals surface area contributed by atoms with Gasteiger partial charge in [-0.2, -0.15) is 0 Å². The third-order valence-electron chi connectivity index (χ3n) is 5.14. The van der Waals surface area contributed by atoms with Crippen molar-refractivity contribution in [2.45, 2.75) is 51.6 Å². The minimum absolute atomic E-state index is 0.0249. The van der Waals surface area contributed by atoms with Crippen LogP contribution in [0, 0.1) is 11.8 Å². The van der Waals surface area contributed by atoms with Crippen LogP contribution in [0.2, 0.25) is 0 Å². The van der Waals surface area contributed by atoms with Crippen molar-refractivity contribution in [1.29, 1.82) is 0 Å². The molecule has 2 rings (SSSR count). The van der Waals surface area contributed by atoms with Crippen LogP contribution in [-0.4, -0.2) is 59.0 Å². The summed E-state index contributed by atoms with van der Waals surface area (Å²) in [4.78, 5) is 12.0.